The van der Waals surface area contributed by atoms with Gasteiger partial charge in [-0.05, 0) is 44.0 Å². The molecule has 0 fully saturated rings. The van der Waals surface area contributed by atoms with Gasteiger partial charge in [0.1, 0.15) is 5.82 Å². The summed E-state index contributed by atoms with van der Waals surface area (Å²) in [5.41, 5.74) is 10.1. The number of nitrogens with two attached hydrogens (primary N) is 1. The highest BCUT2D eigenvalue weighted by Gasteiger charge is 2.11. The molecule has 0 saturated carbocycles. The molecule has 0 spiro atoms. The minimum absolute atomic E-state index is 0.736. The standard InChI is InChI=1S/C15H19N3/c1-4-18(14-8-6-5-7-11(14)2)15-9-12(3)13(16)10-17-15/h5-10H,4,16H2,1-3H3. The first-order chi connectivity index (χ1) is 8.63. The molecule has 0 atom stereocenters. The highest BCUT2D eigenvalue weighted by molar-refractivity contribution is 5.65. The molecule has 0 bridgehead atoms. The average Bonchev–Trinajstić information content (AvgIpc) is 2.37. The van der Waals surface area contributed by atoms with E-state index < -0.39 is 0 Å². The Kier molecular flexibility index (Phi) is 3.51. The Hall–Kier alpha value is -2.03. The van der Waals surface area contributed by atoms with Crippen LogP contribution in [-0.2, 0) is 0 Å². The maximum absolute atomic E-state index is 5.82. The summed E-state index contributed by atoms with van der Waals surface area (Å²) in [6.45, 7) is 7.12. The molecule has 94 valence electrons. The summed E-state index contributed by atoms with van der Waals surface area (Å²) in [4.78, 5) is 6.62. The first kappa shape index (κ1) is 12.4. The Bertz CT molecular complexity index is 549. The van der Waals surface area contributed by atoms with Crippen molar-refractivity contribution in [3.05, 3.63) is 47.7 Å². The van der Waals surface area contributed by atoms with Crippen molar-refractivity contribution in [2.45, 2.75) is 20.8 Å². The number of rotatable bonds is 3. The highest BCUT2D eigenvalue weighted by atomic mass is 15.2. The van der Waals surface area contributed by atoms with Crippen LogP contribution in [0.2, 0.25) is 0 Å². The normalized spacial score (nSPS) is 10.4. The maximum atomic E-state index is 5.82. The molecule has 0 amide bonds. The Labute approximate surface area is 108 Å². The smallest absolute Gasteiger partial charge is 0.133 e. The average molecular weight is 241 g/mol. The number of nitrogens with zero attached hydrogens (tertiary/aromatic N) is 2. The van der Waals surface area contributed by atoms with Gasteiger partial charge < -0.3 is 10.6 Å². The molecule has 2 rings (SSSR count). The lowest BCUT2D eigenvalue weighted by molar-refractivity contribution is 0.981. The predicted octanol–water partition coefficient (Wildman–Crippen LogP) is 3.44. The molecule has 18 heavy (non-hydrogen) atoms. The molecular formula is C15H19N3. The van der Waals surface area contributed by atoms with Crippen LogP contribution in [-0.4, -0.2) is 11.5 Å². The summed E-state index contributed by atoms with van der Waals surface area (Å²) in [5, 5.41) is 0. The van der Waals surface area contributed by atoms with Crippen LogP contribution in [0.25, 0.3) is 0 Å². The minimum atomic E-state index is 0.736. The quantitative estimate of drug-likeness (QED) is 0.895. The van der Waals surface area contributed by atoms with Gasteiger partial charge >= 0.3 is 0 Å². The number of aromatic nitrogens is 1. The third-order valence-corrected chi connectivity index (χ3v) is 3.14. The fraction of sp³-hybridized carbons (Fsp3) is 0.267. The van der Waals surface area contributed by atoms with Crippen LogP contribution in [0.4, 0.5) is 17.2 Å². The molecule has 0 saturated heterocycles. The predicted molar refractivity (Wildman–Crippen MR) is 77.2 cm³/mol. The van der Waals surface area contributed by atoms with E-state index in [1.807, 2.05) is 19.1 Å². The van der Waals surface area contributed by atoms with Crippen molar-refractivity contribution in [3.63, 3.8) is 0 Å². The summed E-state index contributed by atoms with van der Waals surface area (Å²) in [6.07, 6.45) is 1.73. The second kappa shape index (κ2) is 5.08. The van der Waals surface area contributed by atoms with Crippen molar-refractivity contribution in [3.8, 4) is 0 Å². The summed E-state index contributed by atoms with van der Waals surface area (Å²) in [6, 6.07) is 10.4. The molecule has 0 aliphatic rings. The lowest BCUT2D eigenvalue weighted by atomic mass is 10.1. The molecule has 2 N–H and O–H groups in total. The second-order valence-electron chi connectivity index (χ2n) is 4.43. The minimum Gasteiger partial charge on any atom is -0.397 e. The molecule has 3 heteroatoms. The molecule has 0 radical (unpaired) electrons. The van der Waals surface area contributed by atoms with E-state index in [0.717, 1.165) is 23.6 Å². The largest absolute Gasteiger partial charge is 0.397 e. The van der Waals surface area contributed by atoms with Crippen molar-refractivity contribution in [2.24, 2.45) is 0 Å². The third kappa shape index (κ3) is 2.30. The Balaban J connectivity index is 2.45. The summed E-state index contributed by atoms with van der Waals surface area (Å²) < 4.78 is 0. The molecule has 1 aromatic carbocycles. The van der Waals surface area contributed by atoms with Gasteiger partial charge in [-0.15, -0.1) is 0 Å². The van der Waals surface area contributed by atoms with Crippen molar-refractivity contribution in [1.82, 2.24) is 4.98 Å². The number of para-hydroxylation sites is 1. The zero-order chi connectivity index (χ0) is 13.1. The summed E-state index contributed by atoms with van der Waals surface area (Å²) in [7, 11) is 0. The molecule has 1 aromatic heterocycles. The summed E-state index contributed by atoms with van der Waals surface area (Å²) >= 11 is 0. The van der Waals surface area contributed by atoms with Crippen LogP contribution >= 0.6 is 0 Å². The number of anilines is 3. The van der Waals surface area contributed by atoms with Gasteiger partial charge in [0, 0.05) is 12.2 Å². The SMILES string of the molecule is CCN(c1cc(C)c(N)cn1)c1ccccc1C. The van der Waals surface area contributed by atoms with Crippen LogP contribution in [0.1, 0.15) is 18.1 Å². The van der Waals surface area contributed by atoms with Gasteiger partial charge in [0.2, 0.25) is 0 Å². The fourth-order valence-electron chi connectivity index (χ4n) is 2.02. The van der Waals surface area contributed by atoms with Crippen LogP contribution in [0, 0.1) is 13.8 Å². The summed E-state index contributed by atoms with van der Waals surface area (Å²) in [5.74, 6) is 0.943. The van der Waals surface area contributed by atoms with Crippen molar-refractivity contribution in [2.75, 3.05) is 17.2 Å². The van der Waals surface area contributed by atoms with Crippen molar-refractivity contribution < 1.29 is 0 Å². The van der Waals surface area contributed by atoms with Crippen LogP contribution in [0.3, 0.4) is 0 Å². The van der Waals surface area contributed by atoms with Crippen LogP contribution in [0.15, 0.2) is 36.5 Å². The van der Waals surface area contributed by atoms with Gasteiger partial charge in [-0.3, -0.25) is 0 Å². The number of aryl methyl sites for hydroxylation is 2. The third-order valence-electron chi connectivity index (χ3n) is 3.14. The van der Waals surface area contributed by atoms with E-state index in [9.17, 15) is 0 Å². The van der Waals surface area contributed by atoms with Crippen molar-refractivity contribution >= 4 is 17.2 Å². The zero-order valence-corrected chi connectivity index (χ0v) is 11.1. The molecule has 2 aromatic rings. The zero-order valence-electron chi connectivity index (χ0n) is 11.1. The van der Waals surface area contributed by atoms with Crippen molar-refractivity contribution in [1.29, 1.82) is 0 Å². The molecule has 0 aliphatic heterocycles. The number of nitrogen functional groups attached to an aromatic ring is 1. The second-order valence-corrected chi connectivity index (χ2v) is 4.43. The Morgan fingerprint density at radius 2 is 1.89 bits per heavy atom. The first-order valence-corrected chi connectivity index (χ1v) is 6.18. The van der Waals surface area contributed by atoms with E-state index in [-0.39, 0.29) is 0 Å². The van der Waals surface area contributed by atoms with Gasteiger partial charge in [-0.2, -0.15) is 0 Å². The lowest BCUT2D eigenvalue weighted by Gasteiger charge is -2.24. The first-order valence-electron chi connectivity index (χ1n) is 6.18. The van der Waals surface area contributed by atoms with Gasteiger partial charge in [0.15, 0.2) is 0 Å². The number of benzene rings is 1. The van der Waals surface area contributed by atoms with E-state index in [4.69, 9.17) is 5.73 Å². The van der Waals surface area contributed by atoms with Gasteiger partial charge in [0.05, 0.1) is 11.9 Å². The van der Waals surface area contributed by atoms with E-state index in [2.05, 4.69) is 41.9 Å². The highest BCUT2D eigenvalue weighted by Crippen LogP contribution is 2.27. The van der Waals surface area contributed by atoms with E-state index >= 15 is 0 Å². The molecule has 0 unspecified atom stereocenters. The van der Waals surface area contributed by atoms with Crippen LogP contribution < -0.4 is 10.6 Å². The number of hydrogen-bond acceptors (Lipinski definition) is 3. The maximum Gasteiger partial charge on any atom is 0.133 e. The molecule has 1 heterocycles. The molecular weight excluding hydrogens is 222 g/mol. The molecule has 0 aliphatic carbocycles. The molecule has 3 nitrogen and oxygen atoms in total. The topological polar surface area (TPSA) is 42.1 Å². The Morgan fingerprint density at radius 1 is 1.17 bits per heavy atom. The lowest BCUT2D eigenvalue weighted by Crippen LogP contribution is -2.18. The number of pyridine rings is 1. The van der Waals surface area contributed by atoms with E-state index in [1.54, 1.807) is 6.20 Å². The Morgan fingerprint density at radius 3 is 2.50 bits per heavy atom. The fourth-order valence-corrected chi connectivity index (χ4v) is 2.02. The monoisotopic (exact) mass is 241 g/mol. The van der Waals surface area contributed by atoms with Gasteiger partial charge in [-0.25, -0.2) is 4.98 Å². The number of hydrogen-bond donors (Lipinski definition) is 1. The van der Waals surface area contributed by atoms with E-state index in [1.165, 1.54) is 11.3 Å². The van der Waals surface area contributed by atoms with Crippen LogP contribution in [0.5, 0.6) is 0 Å². The van der Waals surface area contributed by atoms with Gasteiger partial charge in [0.25, 0.3) is 0 Å². The van der Waals surface area contributed by atoms with E-state index in [0.29, 0.717) is 0 Å². The van der Waals surface area contributed by atoms with Gasteiger partial charge in [-0.1, -0.05) is 18.2 Å².